The third-order valence-corrected chi connectivity index (χ3v) is 6.71. The van der Waals surface area contributed by atoms with E-state index < -0.39 is 0 Å². The van der Waals surface area contributed by atoms with Gasteiger partial charge in [-0.2, -0.15) is 0 Å². The maximum absolute atomic E-state index is 13.1. The number of unbranched alkanes of at least 4 members (excludes halogenated alkanes) is 1. The number of rotatable bonds is 11. The summed E-state index contributed by atoms with van der Waals surface area (Å²) in [6.07, 6.45) is 3.90. The van der Waals surface area contributed by atoms with E-state index >= 15 is 0 Å². The molecule has 2 aromatic carbocycles. The summed E-state index contributed by atoms with van der Waals surface area (Å²) < 4.78 is 11.0. The molecule has 1 heterocycles. The van der Waals surface area contributed by atoms with Gasteiger partial charge < -0.3 is 14.4 Å². The highest BCUT2D eigenvalue weighted by Gasteiger charge is 2.40. The Balaban J connectivity index is 1.74. The Bertz CT molecular complexity index is 858. The van der Waals surface area contributed by atoms with Crippen molar-refractivity contribution >= 4 is 23.6 Å². The second-order valence-corrected chi connectivity index (χ2v) is 8.83. The first-order valence-electron chi connectivity index (χ1n) is 11.1. The first-order valence-corrected chi connectivity index (χ1v) is 12.0. The molecule has 0 aliphatic carbocycles. The zero-order chi connectivity index (χ0) is 22.1. The molecule has 0 saturated carbocycles. The second kappa shape index (κ2) is 11.8. The number of carbonyl (C=O) groups is 2. The van der Waals surface area contributed by atoms with Crippen LogP contribution >= 0.6 is 11.8 Å². The SMILES string of the molecule is CCCC[C@H]1S[C@H](c2cccc(Oc3ccccc3)c2)N(CCCC(=O)OCC)C1=O. The zero-order valence-corrected chi connectivity index (χ0v) is 19.1. The molecule has 0 aromatic heterocycles. The van der Waals surface area contributed by atoms with Gasteiger partial charge >= 0.3 is 5.97 Å². The van der Waals surface area contributed by atoms with Gasteiger partial charge in [-0.25, -0.2) is 0 Å². The molecule has 5 nitrogen and oxygen atoms in total. The van der Waals surface area contributed by atoms with E-state index in [0.717, 1.165) is 36.3 Å². The van der Waals surface area contributed by atoms with Gasteiger partial charge in [0.05, 0.1) is 11.9 Å². The van der Waals surface area contributed by atoms with Crippen LogP contribution in [-0.4, -0.2) is 35.2 Å². The Hall–Kier alpha value is -2.47. The van der Waals surface area contributed by atoms with Crippen molar-refractivity contribution in [1.82, 2.24) is 4.90 Å². The third kappa shape index (κ3) is 6.50. The van der Waals surface area contributed by atoms with Gasteiger partial charge in [-0.15, -0.1) is 11.8 Å². The minimum Gasteiger partial charge on any atom is -0.466 e. The lowest BCUT2D eigenvalue weighted by Gasteiger charge is -2.24. The Morgan fingerprint density at radius 1 is 1.03 bits per heavy atom. The molecule has 0 spiro atoms. The standard InChI is InChI=1S/C25H31NO4S/c1-3-5-15-22-24(28)26(17-10-16-23(27)29-4-2)25(31-22)19-11-9-14-21(18-19)30-20-12-7-6-8-13-20/h6-9,11-14,18,22,25H,3-5,10,15-17H2,1-2H3/t22-,25-/m1/s1. The average molecular weight is 442 g/mol. The number of ether oxygens (including phenoxy) is 2. The van der Waals surface area contributed by atoms with E-state index in [9.17, 15) is 9.59 Å². The molecule has 166 valence electrons. The smallest absolute Gasteiger partial charge is 0.305 e. The molecule has 1 aliphatic heterocycles. The molecule has 1 saturated heterocycles. The largest absolute Gasteiger partial charge is 0.466 e. The molecule has 6 heteroatoms. The molecular formula is C25H31NO4S. The lowest BCUT2D eigenvalue weighted by atomic mass is 10.1. The van der Waals surface area contributed by atoms with Crippen molar-refractivity contribution in [3.05, 3.63) is 60.2 Å². The Morgan fingerprint density at radius 2 is 1.81 bits per heavy atom. The maximum atomic E-state index is 13.1. The average Bonchev–Trinajstić information content (AvgIpc) is 3.09. The number of hydrogen-bond acceptors (Lipinski definition) is 5. The number of thioether (sulfide) groups is 1. The van der Waals surface area contributed by atoms with E-state index in [-0.39, 0.29) is 22.5 Å². The summed E-state index contributed by atoms with van der Waals surface area (Å²) in [6, 6.07) is 17.6. The fourth-order valence-corrected chi connectivity index (χ4v) is 5.16. The Kier molecular flexibility index (Phi) is 8.83. The lowest BCUT2D eigenvalue weighted by Crippen LogP contribution is -2.32. The fourth-order valence-electron chi connectivity index (χ4n) is 3.64. The molecule has 0 unspecified atom stereocenters. The van der Waals surface area contributed by atoms with E-state index in [1.807, 2.05) is 59.5 Å². The number of amides is 1. The summed E-state index contributed by atoms with van der Waals surface area (Å²) in [5.41, 5.74) is 1.04. The van der Waals surface area contributed by atoms with Crippen LogP contribution < -0.4 is 4.74 Å². The highest BCUT2D eigenvalue weighted by atomic mass is 32.2. The van der Waals surface area contributed by atoms with Gasteiger partial charge in [0, 0.05) is 13.0 Å². The van der Waals surface area contributed by atoms with Crippen molar-refractivity contribution in [3.63, 3.8) is 0 Å². The van der Waals surface area contributed by atoms with Crippen molar-refractivity contribution in [3.8, 4) is 11.5 Å². The third-order valence-electron chi connectivity index (χ3n) is 5.16. The lowest BCUT2D eigenvalue weighted by molar-refractivity contribution is -0.143. The summed E-state index contributed by atoms with van der Waals surface area (Å²) in [5.74, 6) is 1.49. The number of benzene rings is 2. The summed E-state index contributed by atoms with van der Waals surface area (Å²) in [6.45, 7) is 4.87. The van der Waals surface area contributed by atoms with Crippen molar-refractivity contribution in [2.75, 3.05) is 13.2 Å². The molecule has 1 aliphatic rings. The van der Waals surface area contributed by atoms with Crippen LogP contribution in [0.15, 0.2) is 54.6 Å². The molecule has 2 aromatic rings. The van der Waals surface area contributed by atoms with Gasteiger partial charge in [-0.3, -0.25) is 9.59 Å². The van der Waals surface area contributed by atoms with Crippen LogP contribution in [0, 0.1) is 0 Å². The van der Waals surface area contributed by atoms with Gasteiger partial charge in [0.2, 0.25) is 5.91 Å². The quantitative estimate of drug-likeness (QED) is 0.403. The predicted octanol–water partition coefficient (Wildman–Crippen LogP) is 5.96. The van der Waals surface area contributed by atoms with E-state index in [1.54, 1.807) is 18.7 Å². The minimum atomic E-state index is -0.209. The minimum absolute atomic E-state index is 0.0359. The monoisotopic (exact) mass is 441 g/mol. The Morgan fingerprint density at radius 3 is 2.55 bits per heavy atom. The van der Waals surface area contributed by atoms with E-state index in [4.69, 9.17) is 9.47 Å². The number of nitrogens with zero attached hydrogens (tertiary/aromatic N) is 1. The number of hydrogen-bond donors (Lipinski definition) is 0. The fraction of sp³-hybridized carbons (Fsp3) is 0.440. The van der Waals surface area contributed by atoms with Gasteiger partial charge in [-0.05, 0) is 49.6 Å². The van der Waals surface area contributed by atoms with Gasteiger partial charge in [0.25, 0.3) is 0 Å². The first kappa shape index (κ1) is 23.2. The molecule has 3 rings (SSSR count). The van der Waals surface area contributed by atoms with Crippen LogP contribution in [0.3, 0.4) is 0 Å². The highest BCUT2D eigenvalue weighted by molar-refractivity contribution is 8.01. The van der Waals surface area contributed by atoms with Gasteiger partial charge in [-0.1, -0.05) is 50.1 Å². The molecule has 0 radical (unpaired) electrons. The molecule has 1 amide bonds. The molecule has 0 bridgehead atoms. The van der Waals surface area contributed by atoms with Gasteiger partial charge in [0.15, 0.2) is 0 Å². The molecule has 0 N–H and O–H groups in total. The summed E-state index contributed by atoms with van der Waals surface area (Å²) in [7, 11) is 0. The van der Waals surface area contributed by atoms with Crippen molar-refractivity contribution in [2.24, 2.45) is 0 Å². The normalized spacial score (nSPS) is 18.3. The topological polar surface area (TPSA) is 55.8 Å². The molecule has 31 heavy (non-hydrogen) atoms. The van der Waals surface area contributed by atoms with E-state index in [0.29, 0.717) is 26.0 Å². The summed E-state index contributed by atoms with van der Waals surface area (Å²) >= 11 is 1.71. The van der Waals surface area contributed by atoms with Crippen molar-refractivity contribution in [2.45, 2.75) is 56.6 Å². The number of carbonyl (C=O) groups excluding carboxylic acids is 2. The Labute approximate surface area is 189 Å². The predicted molar refractivity (Wildman–Crippen MR) is 124 cm³/mol. The maximum Gasteiger partial charge on any atom is 0.305 e. The van der Waals surface area contributed by atoms with Crippen LogP contribution in [0.1, 0.15) is 56.9 Å². The zero-order valence-electron chi connectivity index (χ0n) is 18.3. The van der Waals surface area contributed by atoms with Crippen LogP contribution in [0.5, 0.6) is 11.5 Å². The number of esters is 1. The first-order chi connectivity index (χ1) is 15.1. The van der Waals surface area contributed by atoms with E-state index in [1.165, 1.54) is 0 Å². The highest BCUT2D eigenvalue weighted by Crippen LogP contribution is 2.45. The summed E-state index contributed by atoms with van der Waals surface area (Å²) in [4.78, 5) is 26.8. The molecular weight excluding hydrogens is 410 g/mol. The summed E-state index contributed by atoms with van der Waals surface area (Å²) in [5, 5.41) is -0.109. The van der Waals surface area contributed by atoms with Crippen LogP contribution in [-0.2, 0) is 14.3 Å². The van der Waals surface area contributed by atoms with Crippen molar-refractivity contribution < 1.29 is 19.1 Å². The number of para-hydroxylation sites is 1. The van der Waals surface area contributed by atoms with Gasteiger partial charge in [0.1, 0.15) is 16.9 Å². The van der Waals surface area contributed by atoms with Crippen LogP contribution in [0.4, 0.5) is 0 Å². The van der Waals surface area contributed by atoms with Crippen LogP contribution in [0.25, 0.3) is 0 Å². The van der Waals surface area contributed by atoms with Crippen LogP contribution in [0.2, 0.25) is 0 Å². The molecule has 2 atom stereocenters. The second-order valence-electron chi connectivity index (χ2n) is 7.55. The van der Waals surface area contributed by atoms with Crippen molar-refractivity contribution in [1.29, 1.82) is 0 Å². The molecule has 1 fully saturated rings. The van der Waals surface area contributed by atoms with E-state index in [2.05, 4.69) is 6.92 Å².